The van der Waals surface area contributed by atoms with Crippen molar-refractivity contribution in [3.05, 3.63) is 59.4 Å². The van der Waals surface area contributed by atoms with Gasteiger partial charge in [0.15, 0.2) is 0 Å². The van der Waals surface area contributed by atoms with E-state index in [1.54, 1.807) is 23.2 Å². The molecule has 3 rings (SSSR count). The van der Waals surface area contributed by atoms with Crippen molar-refractivity contribution in [3.63, 3.8) is 0 Å². The second-order valence-corrected chi connectivity index (χ2v) is 5.22. The number of rotatable bonds is 3. The van der Waals surface area contributed by atoms with E-state index >= 15 is 0 Å². The SMILES string of the molecule is COC(=O)NCc1cc(C(=O)N2CCc3ccccc32)ccn1. The normalized spacial score (nSPS) is 12.7. The number of nitrogens with one attached hydrogen (secondary N) is 1. The van der Waals surface area contributed by atoms with Crippen LogP contribution in [0.25, 0.3) is 0 Å². The fraction of sp³-hybridized carbons (Fsp3) is 0.235. The zero-order valence-electron chi connectivity index (χ0n) is 12.8. The summed E-state index contributed by atoms with van der Waals surface area (Å²) in [7, 11) is 1.30. The molecular weight excluding hydrogens is 294 g/mol. The number of benzene rings is 1. The number of fused-ring (bicyclic) bond motifs is 1. The van der Waals surface area contributed by atoms with Crippen LogP contribution in [0.5, 0.6) is 0 Å². The molecule has 0 bridgehead atoms. The lowest BCUT2D eigenvalue weighted by Crippen LogP contribution is -2.29. The van der Waals surface area contributed by atoms with E-state index in [-0.39, 0.29) is 12.5 Å². The van der Waals surface area contributed by atoms with Crippen LogP contribution in [0.4, 0.5) is 10.5 Å². The molecule has 0 atom stereocenters. The van der Waals surface area contributed by atoms with E-state index in [0.717, 1.165) is 12.1 Å². The second-order valence-electron chi connectivity index (χ2n) is 5.22. The minimum Gasteiger partial charge on any atom is -0.453 e. The number of para-hydroxylation sites is 1. The lowest BCUT2D eigenvalue weighted by molar-refractivity contribution is 0.0989. The Morgan fingerprint density at radius 3 is 2.96 bits per heavy atom. The van der Waals surface area contributed by atoms with Gasteiger partial charge in [-0.2, -0.15) is 0 Å². The van der Waals surface area contributed by atoms with E-state index in [0.29, 0.717) is 17.8 Å². The summed E-state index contributed by atoms with van der Waals surface area (Å²) in [6.45, 7) is 0.890. The number of anilines is 1. The molecule has 23 heavy (non-hydrogen) atoms. The van der Waals surface area contributed by atoms with Crippen LogP contribution in [0.3, 0.4) is 0 Å². The van der Waals surface area contributed by atoms with E-state index in [2.05, 4.69) is 15.0 Å². The maximum absolute atomic E-state index is 12.7. The van der Waals surface area contributed by atoms with E-state index in [1.807, 2.05) is 24.3 Å². The Morgan fingerprint density at radius 2 is 2.13 bits per heavy atom. The fourth-order valence-corrected chi connectivity index (χ4v) is 2.65. The van der Waals surface area contributed by atoms with Crippen LogP contribution >= 0.6 is 0 Å². The average Bonchev–Trinajstić information content (AvgIpc) is 3.03. The first-order chi connectivity index (χ1) is 11.2. The third-order valence-electron chi connectivity index (χ3n) is 3.80. The van der Waals surface area contributed by atoms with Crippen molar-refractivity contribution in [1.82, 2.24) is 10.3 Å². The van der Waals surface area contributed by atoms with E-state index in [1.165, 1.54) is 12.7 Å². The number of alkyl carbamates (subject to hydrolysis) is 1. The van der Waals surface area contributed by atoms with Gasteiger partial charge in [0.1, 0.15) is 0 Å². The number of nitrogens with zero attached hydrogens (tertiary/aromatic N) is 2. The second kappa shape index (κ2) is 6.48. The minimum absolute atomic E-state index is 0.0586. The molecule has 1 aromatic carbocycles. The van der Waals surface area contributed by atoms with Gasteiger partial charge in [-0.25, -0.2) is 4.79 Å². The van der Waals surface area contributed by atoms with E-state index in [9.17, 15) is 9.59 Å². The Morgan fingerprint density at radius 1 is 1.30 bits per heavy atom. The van der Waals surface area contributed by atoms with Crippen molar-refractivity contribution in [2.75, 3.05) is 18.6 Å². The van der Waals surface area contributed by atoms with Gasteiger partial charge in [-0.05, 0) is 30.2 Å². The number of methoxy groups -OCH3 is 1. The van der Waals surface area contributed by atoms with Crippen molar-refractivity contribution < 1.29 is 14.3 Å². The summed E-state index contributed by atoms with van der Waals surface area (Å²) in [4.78, 5) is 29.8. The summed E-state index contributed by atoms with van der Waals surface area (Å²) in [5.74, 6) is -0.0586. The Bertz CT molecular complexity index is 745. The molecule has 0 unspecified atom stereocenters. The van der Waals surface area contributed by atoms with Crippen LogP contribution < -0.4 is 10.2 Å². The molecule has 2 aromatic rings. The molecule has 0 saturated carbocycles. The first-order valence-corrected chi connectivity index (χ1v) is 7.35. The molecule has 118 valence electrons. The average molecular weight is 311 g/mol. The third kappa shape index (κ3) is 3.15. The molecule has 0 aliphatic carbocycles. The monoisotopic (exact) mass is 311 g/mol. The highest BCUT2D eigenvalue weighted by Gasteiger charge is 2.25. The van der Waals surface area contributed by atoms with Crippen LogP contribution in [-0.4, -0.2) is 30.6 Å². The fourth-order valence-electron chi connectivity index (χ4n) is 2.65. The van der Waals surface area contributed by atoms with Crippen molar-refractivity contribution >= 4 is 17.7 Å². The van der Waals surface area contributed by atoms with Crippen LogP contribution in [-0.2, 0) is 17.7 Å². The molecule has 0 spiro atoms. The number of pyridine rings is 1. The highest BCUT2D eigenvalue weighted by molar-refractivity contribution is 6.07. The van der Waals surface area contributed by atoms with Crippen molar-refractivity contribution in [2.45, 2.75) is 13.0 Å². The first-order valence-electron chi connectivity index (χ1n) is 7.35. The van der Waals surface area contributed by atoms with Crippen LogP contribution in [0.2, 0.25) is 0 Å². The molecule has 6 nitrogen and oxygen atoms in total. The largest absolute Gasteiger partial charge is 0.453 e. The lowest BCUT2D eigenvalue weighted by atomic mass is 10.1. The Labute approximate surface area is 134 Å². The zero-order chi connectivity index (χ0) is 16.2. The number of hydrogen-bond acceptors (Lipinski definition) is 4. The number of aromatic nitrogens is 1. The summed E-state index contributed by atoms with van der Waals surface area (Å²) in [6.07, 6.45) is 1.91. The highest BCUT2D eigenvalue weighted by Crippen LogP contribution is 2.28. The quantitative estimate of drug-likeness (QED) is 0.942. The van der Waals surface area contributed by atoms with Gasteiger partial charge < -0.3 is 15.0 Å². The molecule has 0 fully saturated rings. The predicted octanol–water partition coefficient (Wildman–Crippen LogP) is 2.14. The molecule has 0 radical (unpaired) electrons. The predicted molar refractivity (Wildman–Crippen MR) is 85.3 cm³/mol. The minimum atomic E-state index is -0.531. The Kier molecular flexibility index (Phi) is 4.23. The highest BCUT2D eigenvalue weighted by atomic mass is 16.5. The van der Waals surface area contributed by atoms with Gasteiger partial charge in [-0.15, -0.1) is 0 Å². The van der Waals surface area contributed by atoms with Gasteiger partial charge in [-0.1, -0.05) is 18.2 Å². The molecule has 1 aromatic heterocycles. The van der Waals surface area contributed by atoms with Gasteiger partial charge in [-0.3, -0.25) is 9.78 Å². The summed E-state index contributed by atoms with van der Waals surface area (Å²) >= 11 is 0. The molecule has 2 amide bonds. The van der Waals surface area contributed by atoms with Gasteiger partial charge in [0, 0.05) is 24.0 Å². The molecule has 1 aliphatic rings. The molecule has 2 heterocycles. The molecular formula is C17H17N3O3. The van der Waals surface area contributed by atoms with Crippen LogP contribution in [0.1, 0.15) is 21.6 Å². The molecule has 1 N–H and O–H groups in total. The van der Waals surface area contributed by atoms with Crippen LogP contribution in [0.15, 0.2) is 42.6 Å². The van der Waals surface area contributed by atoms with Gasteiger partial charge in [0.25, 0.3) is 5.91 Å². The number of carbonyl (C=O) groups is 2. The first kappa shape index (κ1) is 15.0. The zero-order valence-corrected chi connectivity index (χ0v) is 12.8. The molecule has 1 aliphatic heterocycles. The standard InChI is InChI=1S/C17H17N3O3/c1-23-17(22)19-11-14-10-13(6-8-18-14)16(21)20-9-7-12-4-2-3-5-15(12)20/h2-6,8,10H,7,9,11H2,1H3,(H,19,22). The van der Waals surface area contributed by atoms with Gasteiger partial charge >= 0.3 is 6.09 Å². The topological polar surface area (TPSA) is 71.5 Å². The van der Waals surface area contributed by atoms with Crippen molar-refractivity contribution in [1.29, 1.82) is 0 Å². The summed E-state index contributed by atoms with van der Waals surface area (Å²) in [5, 5.41) is 2.55. The summed E-state index contributed by atoms with van der Waals surface area (Å²) in [6, 6.07) is 11.3. The Balaban J connectivity index is 1.77. The number of carbonyl (C=O) groups excluding carboxylic acids is 2. The summed E-state index contributed by atoms with van der Waals surface area (Å²) < 4.78 is 4.52. The van der Waals surface area contributed by atoms with Crippen molar-refractivity contribution in [3.8, 4) is 0 Å². The maximum atomic E-state index is 12.7. The smallest absolute Gasteiger partial charge is 0.407 e. The Hall–Kier alpha value is -2.89. The number of ether oxygens (including phenoxy) is 1. The molecule has 6 heteroatoms. The van der Waals surface area contributed by atoms with Crippen LogP contribution in [0, 0.1) is 0 Å². The maximum Gasteiger partial charge on any atom is 0.407 e. The number of amides is 2. The van der Waals surface area contributed by atoms with E-state index < -0.39 is 6.09 Å². The van der Waals surface area contributed by atoms with Gasteiger partial charge in [0.2, 0.25) is 0 Å². The summed E-state index contributed by atoms with van der Waals surface area (Å²) in [5.41, 5.74) is 3.30. The van der Waals surface area contributed by atoms with Gasteiger partial charge in [0.05, 0.1) is 19.3 Å². The van der Waals surface area contributed by atoms with E-state index in [4.69, 9.17) is 0 Å². The number of hydrogen-bond donors (Lipinski definition) is 1. The molecule has 0 saturated heterocycles. The lowest BCUT2D eigenvalue weighted by Gasteiger charge is -2.17. The van der Waals surface area contributed by atoms with Crippen molar-refractivity contribution in [2.24, 2.45) is 0 Å². The third-order valence-corrected chi connectivity index (χ3v) is 3.80.